The van der Waals surface area contributed by atoms with Gasteiger partial charge in [-0.05, 0) is 26.7 Å². The van der Waals surface area contributed by atoms with Crippen LogP contribution < -0.4 is 0 Å². The van der Waals surface area contributed by atoms with Gasteiger partial charge in [0.25, 0.3) is 0 Å². The Labute approximate surface area is 142 Å². The highest BCUT2D eigenvalue weighted by Gasteiger charge is 2.42. The van der Waals surface area contributed by atoms with Gasteiger partial charge in [-0.25, -0.2) is 0 Å². The van der Waals surface area contributed by atoms with Crippen LogP contribution in [0.5, 0.6) is 0 Å². The van der Waals surface area contributed by atoms with Gasteiger partial charge in [-0.3, -0.25) is 9.48 Å². The zero-order valence-corrected chi connectivity index (χ0v) is 14.2. The second-order valence-corrected chi connectivity index (χ2v) is 6.91. The van der Waals surface area contributed by atoms with Crippen LogP contribution in [0.4, 0.5) is 13.2 Å². The summed E-state index contributed by atoms with van der Waals surface area (Å²) in [5.74, 6) is -0.316. The maximum atomic E-state index is 13.0. The molecule has 2 heterocycles. The zero-order chi connectivity index (χ0) is 17.6. The molecule has 0 radical (unpaired) electrons. The molecule has 24 heavy (non-hydrogen) atoms. The van der Waals surface area contributed by atoms with Gasteiger partial charge in [0.05, 0.1) is 22.9 Å². The second-order valence-electron chi connectivity index (χ2n) is 6.53. The van der Waals surface area contributed by atoms with Crippen LogP contribution in [-0.4, -0.2) is 45.9 Å². The number of amides is 1. The lowest BCUT2D eigenvalue weighted by Gasteiger charge is -2.35. The van der Waals surface area contributed by atoms with E-state index < -0.39 is 11.9 Å². The van der Waals surface area contributed by atoms with Crippen molar-refractivity contribution in [1.82, 2.24) is 14.7 Å². The molecule has 1 aromatic rings. The van der Waals surface area contributed by atoms with E-state index in [9.17, 15) is 18.0 Å². The van der Waals surface area contributed by atoms with Crippen LogP contribution >= 0.6 is 11.6 Å². The van der Waals surface area contributed by atoms with E-state index in [-0.39, 0.29) is 35.6 Å². The first-order valence-corrected chi connectivity index (χ1v) is 8.31. The Balaban J connectivity index is 1.83. The lowest BCUT2D eigenvalue weighted by Crippen LogP contribution is -2.49. The highest BCUT2D eigenvalue weighted by Crippen LogP contribution is 2.46. The minimum atomic E-state index is -4.63. The molecular formula is C15H19ClF3N3O2. The molecule has 0 bridgehead atoms. The van der Waals surface area contributed by atoms with Crippen LogP contribution in [0.15, 0.2) is 0 Å². The van der Waals surface area contributed by atoms with Crippen molar-refractivity contribution < 1.29 is 22.7 Å². The molecule has 1 aliphatic heterocycles. The van der Waals surface area contributed by atoms with E-state index >= 15 is 0 Å². The van der Waals surface area contributed by atoms with Crippen LogP contribution in [0.1, 0.15) is 44.0 Å². The van der Waals surface area contributed by atoms with E-state index in [0.29, 0.717) is 18.8 Å². The van der Waals surface area contributed by atoms with Crippen molar-refractivity contribution in [2.24, 2.45) is 0 Å². The molecule has 2 atom stereocenters. The third kappa shape index (κ3) is 3.54. The molecule has 0 spiro atoms. The van der Waals surface area contributed by atoms with Gasteiger partial charge in [0.2, 0.25) is 5.91 Å². The van der Waals surface area contributed by atoms with Gasteiger partial charge in [0.15, 0.2) is 5.69 Å². The highest BCUT2D eigenvalue weighted by atomic mass is 35.5. The van der Waals surface area contributed by atoms with Crippen LogP contribution in [0.25, 0.3) is 0 Å². The van der Waals surface area contributed by atoms with E-state index in [0.717, 1.165) is 17.5 Å². The SMILES string of the molecule is C[C@H]1CN(C(=O)Cn2nc(C(F)(F)F)c(Cl)c2C2CC2)C[C@H](C)O1. The molecule has 2 fully saturated rings. The lowest BCUT2D eigenvalue weighted by molar-refractivity contribution is -0.145. The summed E-state index contributed by atoms with van der Waals surface area (Å²) in [6, 6.07) is 0. The van der Waals surface area contributed by atoms with Gasteiger partial charge in [-0.2, -0.15) is 18.3 Å². The summed E-state index contributed by atoms with van der Waals surface area (Å²) in [6.07, 6.45) is -3.30. The summed E-state index contributed by atoms with van der Waals surface area (Å²) in [6.45, 7) is 4.32. The summed E-state index contributed by atoms with van der Waals surface area (Å²) >= 11 is 5.92. The fourth-order valence-electron chi connectivity index (χ4n) is 3.11. The van der Waals surface area contributed by atoms with Gasteiger partial charge < -0.3 is 9.64 Å². The summed E-state index contributed by atoms with van der Waals surface area (Å²) in [5, 5.41) is 3.22. The third-order valence-electron chi connectivity index (χ3n) is 4.22. The van der Waals surface area contributed by atoms with E-state index in [1.54, 1.807) is 4.90 Å². The minimum absolute atomic E-state index is 0.0450. The summed E-state index contributed by atoms with van der Waals surface area (Å²) in [7, 11) is 0. The molecule has 1 saturated carbocycles. The van der Waals surface area contributed by atoms with E-state index in [4.69, 9.17) is 16.3 Å². The van der Waals surface area contributed by atoms with E-state index in [1.165, 1.54) is 0 Å². The standard InChI is InChI=1S/C15H19ClF3N3O2/c1-8-5-21(6-9(2)24-8)11(23)7-22-13(10-3-4-10)12(16)14(20-22)15(17,18)19/h8-10H,3-7H2,1-2H3/t8-,9-/m0/s1. The predicted octanol–water partition coefficient (Wildman–Crippen LogP) is 3.07. The molecule has 2 aliphatic rings. The maximum Gasteiger partial charge on any atom is 0.436 e. The first-order valence-electron chi connectivity index (χ1n) is 7.93. The van der Waals surface area contributed by atoms with Crippen LogP contribution in [0, 0.1) is 0 Å². The number of halogens is 4. The number of aromatic nitrogens is 2. The Morgan fingerprint density at radius 3 is 2.38 bits per heavy atom. The summed E-state index contributed by atoms with van der Waals surface area (Å²) in [4.78, 5) is 14.1. The Morgan fingerprint density at radius 2 is 1.88 bits per heavy atom. The number of hydrogen-bond acceptors (Lipinski definition) is 3. The number of hydrogen-bond donors (Lipinski definition) is 0. The van der Waals surface area contributed by atoms with Gasteiger partial charge >= 0.3 is 6.18 Å². The molecule has 1 amide bonds. The second kappa shape index (κ2) is 6.22. The predicted molar refractivity (Wildman–Crippen MR) is 80.8 cm³/mol. The lowest BCUT2D eigenvalue weighted by atomic mass is 10.2. The summed E-state index contributed by atoms with van der Waals surface area (Å²) < 4.78 is 45.9. The average molecular weight is 366 g/mol. The third-order valence-corrected chi connectivity index (χ3v) is 4.59. The first-order chi connectivity index (χ1) is 11.2. The fraction of sp³-hybridized carbons (Fsp3) is 0.733. The zero-order valence-electron chi connectivity index (χ0n) is 13.4. The number of morpholine rings is 1. The molecule has 134 valence electrons. The largest absolute Gasteiger partial charge is 0.436 e. The van der Waals surface area contributed by atoms with Crippen molar-refractivity contribution in [1.29, 1.82) is 0 Å². The number of nitrogens with zero attached hydrogens (tertiary/aromatic N) is 3. The van der Waals surface area contributed by atoms with Gasteiger partial charge in [-0.15, -0.1) is 0 Å². The molecule has 0 unspecified atom stereocenters. The van der Waals surface area contributed by atoms with Crippen LogP contribution in [0.3, 0.4) is 0 Å². The number of rotatable bonds is 3. The first kappa shape index (κ1) is 17.5. The molecule has 1 saturated heterocycles. The number of ether oxygens (including phenoxy) is 1. The Kier molecular flexibility index (Phi) is 4.55. The van der Waals surface area contributed by atoms with Crippen molar-refractivity contribution in [3.63, 3.8) is 0 Å². The maximum absolute atomic E-state index is 13.0. The average Bonchev–Trinajstić information content (AvgIpc) is 3.21. The van der Waals surface area contributed by atoms with E-state index in [1.807, 2.05) is 13.8 Å². The van der Waals surface area contributed by atoms with Crippen molar-refractivity contribution in [3.8, 4) is 0 Å². The van der Waals surface area contributed by atoms with Crippen LogP contribution in [0.2, 0.25) is 5.02 Å². The van der Waals surface area contributed by atoms with Crippen LogP contribution in [-0.2, 0) is 22.3 Å². The molecule has 1 aromatic heterocycles. The molecule has 3 rings (SSSR count). The van der Waals surface area contributed by atoms with Gasteiger partial charge in [0, 0.05) is 19.0 Å². The summed E-state index contributed by atoms with van der Waals surface area (Å²) in [5.41, 5.74) is -0.783. The van der Waals surface area contributed by atoms with Crippen molar-refractivity contribution in [2.75, 3.05) is 13.1 Å². The number of alkyl halides is 3. The molecule has 5 nitrogen and oxygen atoms in total. The molecule has 1 aliphatic carbocycles. The number of carbonyl (C=O) groups excluding carboxylic acids is 1. The van der Waals surface area contributed by atoms with Crippen molar-refractivity contribution in [3.05, 3.63) is 16.4 Å². The fourth-order valence-corrected chi connectivity index (χ4v) is 3.51. The van der Waals surface area contributed by atoms with Crippen molar-refractivity contribution in [2.45, 2.75) is 57.5 Å². The molecule has 0 N–H and O–H groups in total. The Morgan fingerprint density at radius 1 is 1.29 bits per heavy atom. The molecule has 0 aromatic carbocycles. The normalized spacial score (nSPS) is 25.2. The minimum Gasteiger partial charge on any atom is -0.372 e. The Hall–Kier alpha value is -1.28. The quantitative estimate of drug-likeness (QED) is 0.827. The number of carbonyl (C=O) groups is 1. The highest BCUT2D eigenvalue weighted by molar-refractivity contribution is 6.32. The molecular weight excluding hydrogens is 347 g/mol. The van der Waals surface area contributed by atoms with Gasteiger partial charge in [-0.1, -0.05) is 11.6 Å². The van der Waals surface area contributed by atoms with Crippen molar-refractivity contribution >= 4 is 17.5 Å². The topological polar surface area (TPSA) is 47.4 Å². The monoisotopic (exact) mass is 365 g/mol. The van der Waals surface area contributed by atoms with E-state index in [2.05, 4.69) is 5.10 Å². The smallest absolute Gasteiger partial charge is 0.372 e. The van der Waals surface area contributed by atoms with Gasteiger partial charge in [0.1, 0.15) is 6.54 Å². The Bertz CT molecular complexity index is 633. The molecule has 9 heteroatoms.